The molecule has 5 heteroatoms. The number of aromatic nitrogens is 1. The molecule has 0 fully saturated rings. The lowest BCUT2D eigenvalue weighted by atomic mass is 10.1. The Morgan fingerprint density at radius 1 is 1.30 bits per heavy atom. The van der Waals surface area contributed by atoms with Gasteiger partial charge in [0.15, 0.2) is 0 Å². The van der Waals surface area contributed by atoms with Crippen molar-refractivity contribution in [2.75, 3.05) is 32.0 Å². The molecule has 1 aromatic heterocycles. The third-order valence-corrected chi connectivity index (χ3v) is 3.36. The van der Waals surface area contributed by atoms with Crippen molar-refractivity contribution in [1.29, 1.82) is 0 Å². The first-order valence-electron chi connectivity index (χ1n) is 6.52. The van der Waals surface area contributed by atoms with E-state index < -0.39 is 0 Å². The van der Waals surface area contributed by atoms with Crippen LogP contribution in [-0.4, -0.2) is 37.7 Å². The number of methoxy groups -OCH3 is 2. The monoisotopic (exact) mass is 294 g/mol. The minimum Gasteiger partial charge on any atom is -0.497 e. The lowest BCUT2D eigenvalue weighted by Crippen LogP contribution is -2.26. The minimum absolute atomic E-state index is 0.151. The van der Waals surface area contributed by atoms with Gasteiger partial charge in [-0.05, 0) is 36.1 Å². The number of hydrogen-bond acceptors (Lipinski definition) is 4. The maximum atomic E-state index is 5.82. The van der Waals surface area contributed by atoms with Crippen molar-refractivity contribution in [3.05, 3.63) is 30.5 Å². The molecule has 1 heterocycles. The second-order valence-electron chi connectivity index (χ2n) is 4.52. The number of rotatable bonds is 7. The second kappa shape index (κ2) is 7.31. The zero-order valence-electron chi connectivity index (χ0n) is 11.7. The van der Waals surface area contributed by atoms with Gasteiger partial charge in [0.2, 0.25) is 0 Å². The van der Waals surface area contributed by atoms with E-state index in [1.54, 1.807) is 20.4 Å². The fourth-order valence-electron chi connectivity index (χ4n) is 2.12. The number of nitrogens with zero attached hydrogens (tertiary/aromatic N) is 1. The van der Waals surface area contributed by atoms with Crippen LogP contribution in [0.1, 0.15) is 6.42 Å². The SMILES string of the molecule is COCC(CCCl)Nc1nccc2cc(OC)ccc12. The Morgan fingerprint density at radius 3 is 2.85 bits per heavy atom. The molecular formula is C15H19ClN2O2. The molecule has 0 saturated carbocycles. The van der Waals surface area contributed by atoms with Crippen LogP contribution in [0.4, 0.5) is 5.82 Å². The first-order valence-corrected chi connectivity index (χ1v) is 7.06. The van der Waals surface area contributed by atoms with Crippen LogP contribution >= 0.6 is 11.6 Å². The number of nitrogens with one attached hydrogen (secondary N) is 1. The summed E-state index contributed by atoms with van der Waals surface area (Å²) in [6, 6.07) is 8.05. The largest absolute Gasteiger partial charge is 0.497 e. The van der Waals surface area contributed by atoms with E-state index in [0.717, 1.165) is 28.8 Å². The Balaban J connectivity index is 2.29. The highest BCUT2D eigenvalue weighted by atomic mass is 35.5. The summed E-state index contributed by atoms with van der Waals surface area (Å²) in [5.74, 6) is 2.26. The van der Waals surface area contributed by atoms with Gasteiger partial charge in [-0.15, -0.1) is 11.6 Å². The van der Waals surface area contributed by atoms with Gasteiger partial charge in [-0.25, -0.2) is 4.98 Å². The molecule has 0 aliphatic rings. The lowest BCUT2D eigenvalue weighted by Gasteiger charge is -2.18. The molecule has 1 aromatic carbocycles. The average Bonchev–Trinajstić information content (AvgIpc) is 2.47. The number of halogens is 1. The van der Waals surface area contributed by atoms with E-state index in [1.807, 2.05) is 24.3 Å². The molecule has 108 valence electrons. The van der Waals surface area contributed by atoms with E-state index in [2.05, 4.69) is 10.3 Å². The van der Waals surface area contributed by atoms with E-state index in [-0.39, 0.29) is 6.04 Å². The zero-order chi connectivity index (χ0) is 14.4. The number of anilines is 1. The fourth-order valence-corrected chi connectivity index (χ4v) is 2.38. The molecule has 4 nitrogen and oxygen atoms in total. The number of hydrogen-bond donors (Lipinski definition) is 1. The van der Waals surface area contributed by atoms with Crippen LogP contribution in [0.15, 0.2) is 30.5 Å². The van der Waals surface area contributed by atoms with Crippen molar-refractivity contribution in [2.24, 2.45) is 0 Å². The molecule has 0 spiro atoms. The number of fused-ring (bicyclic) bond motifs is 1. The summed E-state index contributed by atoms with van der Waals surface area (Å²) in [5, 5.41) is 5.55. The van der Waals surface area contributed by atoms with Crippen LogP contribution in [0.25, 0.3) is 10.8 Å². The van der Waals surface area contributed by atoms with Crippen molar-refractivity contribution in [3.63, 3.8) is 0 Å². The molecule has 0 aliphatic heterocycles. The van der Waals surface area contributed by atoms with Crippen molar-refractivity contribution in [2.45, 2.75) is 12.5 Å². The molecule has 20 heavy (non-hydrogen) atoms. The molecule has 1 N–H and O–H groups in total. The van der Waals surface area contributed by atoms with E-state index in [0.29, 0.717) is 12.5 Å². The van der Waals surface area contributed by atoms with Crippen LogP contribution in [0.3, 0.4) is 0 Å². The van der Waals surface area contributed by atoms with E-state index in [4.69, 9.17) is 21.1 Å². The summed E-state index contributed by atoms with van der Waals surface area (Å²) in [4.78, 5) is 4.42. The van der Waals surface area contributed by atoms with Gasteiger partial charge in [0, 0.05) is 24.6 Å². The third-order valence-electron chi connectivity index (χ3n) is 3.14. The Morgan fingerprint density at radius 2 is 2.15 bits per heavy atom. The quantitative estimate of drug-likeness (QED) is 0.796. The van der Waals surface area contributed by atoms with Gasteiger partial charge >= 0.3 is 0 Å². The van der Waals surface area contributed by atoms with Gasteiger partial charge in [-0.3, -0.25) is 0 Å². The lowest BCUT2D eigenvalue weighted by molar-refractivity contribution is 0.184. The third kappa shape index (κ3) is 3.52. The minimum atomic E-state index is 0.151. The molecule has 0 radical (unpaired) electrons. The molecule has 1 unspecified atom stereocenters. The smallest absolute Gasteiger partial charge is 0.134 e. The zero-order valence-corrected chi connectivity index (χ0v) is 12.5. The van der Waals surface area contributed by atoms with Crippen LogP contribution < -0.4 is 10.1 Å². The molecule has 0 amide bonds. The highest BCUT2D eigenvalue weighted by Gasteiger charge is 2.11. The van der Waals surface area contributed by atoms with Crippen molar-refractivity contribution >= 4 is 28.2 Å². The predicted molar refractivity (Wildman–Crippen MR) is 82.9 cm³/mol. The molecular weight excluding hydrogens is 276 g/mol. The Labute approximate surface area is 124 Å². The van der Waals surface area contributed by atoms with Crippen LogP contribution in [0.2, 0.25) is 0 Å². The van der Waals surface area contributed by atoms with Gasteiger partial charge in [0.1, 0.15) is 11.6 Å². The molecule has 0 saturated heterocycles. The highest BCUT2D eigenvalue weighted by Crippen LogP contribution is 2.26. The van der Waals surface area contributed by atoms with Gasteiger partial charge in [0.05, 0.1) is 19.8 Å². The molecule has 2 aromatic rings. The first-order chi connectivity index (χ1) is 9.78. The summed E-state index contributed by atoms with van der Waals surface area (Å²) < 4.78 is 10.5. The molecule has 1 atom stereocenters. The molecule has 0 bridgehead atoms. The number of ether oxygens (including phenoxy) is 2. The van der Waals surface area contributed by atoms with E-state index >= 15 is 0 Å². The van der Waals surface area contributed by atoms with Gasteiger partial charge in [0.25, 0.3) is 0 Å². The van der Waals surface area contributed by atoms with Crippen molar-refractivity contribution < 1.29 is 9.47 Å². The normalized spacial score (nSPS) is 12.3. The van der Waals surface area contributed by atoms with Gasteiger partial charge < -0.3 is 14.8 Å². The standard InChI is InChI=1S/C15H19ClN2O2/c1-19-10-12(5-7-16)18-15-14-4-3-13(20-2)9-11(14)6-8-17-15/h3-4,6,8-9,12H,5,7,10H2,1-2H3,(H,17,18). The summed E-state index contributed by atoms with van der Waals surface area (Å²) in [6.45, 7) is 0.598. The summed E-state index contributed by atoms with van der Waals surface area (Å²) in [6.07, 6.45) is 2.61. The summed E-state index contributed by atoms with van der Waals surface area (Å²) in [5.41, 5.74) is 0. The van der Waals surface area contributed by atoms with Crippen molar-refractivity contribution in [3.8, 4) is 5.75 Å². The highest BCUT2D eigenvalue weighted by molar-refractivity contribution is 6.17. The Bertz CT molecular complexity index is 557. The fraction of sp³-hybridized carbons (Fsp3) is 0.400. The van der Waals surface area contributed by atoms with Gasteiger partial charge in [-0.1, -0.05) is 0 Å². The van der Waals surface area contributed by atoms with Crippen molar-refractivity contribution in [1.82, 2.24) is 4.98 Å². The summed E-state index contributed by atoms with van der Waals surface area (Å²) in [7, 11) is 3.35. The number of benzene rings is 1. The second-order valence-corrected chi connectivity index (χ2v) is 4.90. The van der Waals surface area contributed by atoms with Crippen LogP contribution in [0.5, 0.6) is 5.75 Å². The topological polar surface area (TPSA) is 43.4 Å². The first kappa shape index (κ1) is 14.9. The van der Waals surface area contributed by atoms with E-state index in [9.17, 15) is 0 Å². The van der Waals surface area contributed by atoms with Gasteiger partial charge in [-0.2, -0.15) is 0 Å². The maximum Gasteiger partial charge on any atom is 0.134 e. The average molecular weight is 295 g/mol. The maximum absolute atomic E-state index is 5.82. The summed E-state index contributed by atoms with van der Waals surface area (Å²) >= 11 is 5.82. The van der Waals surface area contributed by atoms with Crippen LogP contribution in [-0.2, 0) is 4.74 Å². The molecule has 0 aliphatic carbocycles. The van der Waals surface area contributed by atoms with Crippen LogP contribution in [0, 0.1) is 0 Å². The Hall–Kier alpha value is -1.52. The number of alkyl halides is 1. The predicted octanol–water partition coefficient (Wildman–Crippen LogP) is 3.30. The molecule has 2 rings (SSSR count). The number of pyridine rings is 1. The Kier molecular flexibility index (Phi) is 5.44. The van der Waals surface area contributed by atoms with E-state index in [1.165, 1.54) is 0 Å².